The molecule has 5 heteroatoms. The van der Waals surface area contributed by atoms with Gasteiger partial charge in [0.1, 0.15) is 11.5 Å². The van der Waals surface area contributed by atoms with Gasteiger partial charge in [-0.05, 0) is 48.0 Å². The minimum atomic E-state index is -0.339. The van der Waals surface area contributed by atoms with Gasteiger partial charge in [-0.25, -0.2) is 5.43 Å². The molecule has 0 spiro atoms. The number of nitrogens with zero attached hydrogens (tertiary/aromatic N) is 1. The predicted molar refractivity (Wildman–Crippen MR) is 86.1 cm³/mol. The number of carbonyl (C=O) groups excluding carboxylic acids is 1. The fourth-order valence-electron chi connectivity index (χ4n) is 1.69. The molecule has 0 unspecified atom stereocenters. The van der Waals surface area contributed by atoms with Gasteiger partial charge in [0.05, 0.1) is 7.11 Å². The highest BCUT2D eigenvalue weighted by Gasteiger charge is 2.02. The summed E-state index contributed by atoms with van der Waals surface area (Å²) in [7, 11) is 1.62. The van der Waals surface area contributed by atoms with E-state index in [2.05, 4.69) is 10.5 Å². The molecule has 0 aliphatic rings. The van der Waals surface area contributed by atoms with E-state index in [-0.39, 0.29) is 11.7 Å². The third-order valence-electron chi connectivity index (χ3n) is 2.86. The average molecular weight is 296 g/mol. The molecule has 2 aromatic carbocycles. The second kappa shape index (κ2) is 7.64. The number of benzene rings is 2. The van der Waals surface area contributed by atoms with E-state index in [1.165, 1.54) is 30.5 Å². The maximum atomic E-state index is 11.7. The lowest BCUT2D eigenvalue weighted by atomic mass is 10.2. The summed E-state index contributed by atoms with van der Waals surface area (Å²) in [6.07, 6.45) is 5.07. The quantitative estimate of drug-likeness (QED) is 0.658. The minimum Gasteiger partial charge on any atom is -0.508 e. The second-order valence-corrected chi connectivity index (χ2v) is 4.40. The summed E-state index contributed by atoms with van der Waals surface area (Å²) >= 11 is 0. The first-order valence-corrected chi connectivity index (χ1v) is 6.62. The first-order chi connectivity index (χ1) is 10.7. The molecule has 2 N–H and O–H groups in total. The van der Waals surface area contributed by atoms with Gasteiger partial charge in [0.2, 0.25) is 0 Å². The van der Waals surface area contributed by atoms with Crippen LogP contribution in [0.2, 0.25) is 0 Å². The number of carbonyl (C=O) groups is 1. The van der Waals surface area contributed by atoms with Gasteiger partial charge in [-0.1, -0.05) is 18.2 Å². The molecule has 112 valence electrons. The van der Waals surface area contributed by atoms with Crippen LogP contribution >= 0.6 is 0 Å². The van der Waals surface area contributed by atoms with Crippen molar-refractivity contribution in [1.29, 1.82) is 0 Å². The van der Waals surface area contributed by atoms with Gasteiger partial charge in [0, 0.05) is 11.8 Å². The molecule has 0 saturated carbocycles. The fraction of sp³-hybridized carbons (Fsp3) is 0.0588. The Balaban J connectivity index is 1.85. The van der Waals surface area contributed by atoms with Gasteiger partial charge < -0.3 is 9.84 Å². The summed E-state index contributed by atoms with van der Waals surface area (Å²) in [6, 6.07) is 13.5. The zero-order valence-electron chi connectivity index (χ0n) is 12.1. The minimum absolute atomic E-state index is 0.113. The largest absolute Gasteiger partial charge is 0.508 e. The van der Waals surface area contributed by atoms with Crippen molar-refractivity contribution < 1.29 is 14.6 Å². The fourth-order valence-corrected chi connectivity index (χ4v) is 1.69. The van der Waals surface area contributed by atoms with Crippen LogP contribution < -0.4 is 10.2 Å². The molecular formula is C17H16N2O3. The maximum Gasteiger partial charge on any atom is 0.271 e. The lowest BCUT2D eigenvalue weighted by molar-refractivity contribution is 0.0955. The van der Waals surface area contributed by atoms with Crippen LogP contribution in [0.3, 0.4) is 0 Å². The molecule has 0 aromatic heterocycles. The van der Waals surface area contributed by atoms with E-state index in [0.29, 0.717) is 5.56 Å². The van der Waals surface area contributed by atoms with E-state index in [4.69, 9.17) is 9.84 Å². The van der Waals surface area contributed by atoms with Crippen molar-refractivity contribution in [3.8, 4) is 11.5 Å². The van der Waals surface area contributed by atoms with E-state index in [9.17, 15) is 4.79 Å². The standard InChI is InChI=1S/C17H16N2O3/c1-22-16-10-4-13(5-11-16)3-2-12-18-19-17(21)14-6-8-15(20)9-7-14/h2-12,20H,1H3,(H,19,21)/b3-2+,18-12+. The van der Waals surface area contributed by atoms with Crippen molar-refractivity contribution in [2.45, 2.75) is 0 Å². The summed E-state index contributed by atoms with van der Waals surface area (Å²) in [5.41, 5.74) is 3.82. The van der Waals surface area contributed by atoms with Crippen LogP contribution in [0.4, 0.5) is 0 Å². The van der Waals surface area contributed by atoms with Gasteiger partial charge in [-0.3, -0.25) is 4.79 Å². The second-order valence-electron chi connectivity index (χ2n) is 4.40. The van der Waals surface area contributed by atoms with Crippen LogP contribution in [0, 0.1) is 0 Å². The molecule has 0 aliphatic carbocycles. The summed E-state index contributed by atoms with van der Waals surface area (Å²) < 4.78 is 5.07. The van der Waals surface area contributed by atoms with E-state index in [1.807, 2.05) is 30.3 Å². The van der Waals surface area contributed by atoms with Crippen LogP contribution in [0.5, 0.6) is 11.5 Å². The Labute approximate surface area is 128 Å². The molecular weight excluding hydrogens is 280 g/mol. The maximum absolute atomic E-state index is 11.7. The van der Waals surface area contributed by atoms with Crippen molar-refractivity contribution in [2.24, 2.45) is 5.10 Å². The smallest absolute Gasteiger partial charge is 0.271 e. The molecule has 0 aliphatic heterocycles. The number of phenolic OH excluding ortho intramolecular Hbond substituents is 1. The molecule has 0 fully saturated rings. The average Bonchev–Trinajstić information content (AvgIpc) is 2.55. The number of allylic oxidation sites excluding steroid dienone is 1. The highest BCUT2D eigenvalue weighted by molar-refractivity contribution is 5.94. The molecule has 1 amide bonds. The van der Waals surface area contributed by atoms with Crippen LogP contribution in [0.1, 0.15) is 15.9 Å². The first kappa shape index (κ1) is 15.3. The first-order valence-electron chi connectivity index (χ1n) is 6.62. The number of nitrogens with one attached hydrogen (secondary N) is 1. The number of hydrazone groups is 1. The van der Waals surface area contributed by atoms with Gasteiger partial charge in [0.15, 0.2) is 0 Å². The van der Waals surface area contributed by atoms with E-state index >= 15 is 0 Å². The van der Waals surface area contributed by atoms with Gasteiger partial charge in [0.25, 0.3) is 5.91 Å². The monoisotopic (exact) mass is 296 g/mol. The van der Waals surface area contributed by atoms with Crippen LogP contribution in [0.15, 0.2) is 59.7 Å². The number of rotatable bonds is 5. The number of methoxy groups -OCH3 is 1. The third-order valence-corrected chi connectivity index (χ3v) is 2.86. The summed E-state index contributed by atoms with van der Waals surface area (Å²) in [6.45, 7) is 0. The molecule has 2 aromatic rings. The Hall–Kier alpha value is -3.08. The molecule has 0 radical (unpaired) electrons. The van der Waals surface area contributed by atoms with Crippen molar-refractivity contribution >= 4 is 18.2 Å². The predicted octanol–water partition coefficient (Wildman–Crippen LogP) is 2.83. The Morgan fingerprint density at radius 1 is 1.14 bits per heavy atom. The molecule has 0 atom stereocenters. The number of phenols is 1. The molecule has 0 bridgehead atoms. The van der Waals surface area contributed by atoms with Gasteiger partial charge >= 0.3 is 0 Å². The van der Waals surface area contributed by atoms with Gasteiger partial charge in [-0.15, -0.1) is 0 Å². The SMILES string of the molecule is COc1ccc(/C=C/C=N/NC(=O)c2ccc(O)cc2)cc1. The summed E-state index contributed by atoms with van der Waals surface area (Å²) in [5, 5.41) is 13.0. The van der Waals surface area contributed by atoms with Crippen molar-refractivity contribution in [3.63, 3.8) is 0 Å². The normalized spacial score (nSPS) is 11.0. The summed E-state index contributed by atoms with van der Waals surface area (Å²) in [4.78, 5) is 11.7. The van der Waals surface area contributed by atoms with Crippen LogP contribution in [0.25, 0.3) is 6.08 Å². The van der Waals surface area contributed by atoms with Crippen molar-refractivity contribution in [3.05, 3.63) is 65.7 Å². The molecule has 0 heterocycles. The molecule has 5 nitrogen and oxygen atoms in total. The van der Waals surface area contributed by atoms with E-state index in [0.717, 1.165) is 11.3 Å². The Kier molecular flexibility index (Phi) is 5.31. The third kappa shape index (κ3) is 4.49. The van der Waals surface area contributed by atoms with Crippen LogP contribution in [-0.2, 0) is 0 Å². The molecule has 0 saturated heterocycles. The van der Waals surface area contributed by atoms with E-state index in [1.54, 1.807) is 13.2 Å². The Bertz CT molecular complexity index is 674. The topological polar surface area (TPSA) is 70.9 Å². The Morgan fingerprint density at radius 2 is 1.82 bits per heavy atom. The zero-order valence-corrected chi connectivity index (χ0v) is 12.1. The highest BCUT2D eigenvalue weighted by Crippen LogP contribution is 2.12. The Morgan fingerprint density at radius 3 is 2.45 bits per heavy atom. The van der Waals surface area contributed by atoms with Crippen molar-refractivity contribution in [2.75, 3.05) is 7.11 Å². The zero-order chi connectivity index (χ0) is 15.8. The van der Waals surface area contributed by atoms with Crippen molar-refractivity contribution in [1.82, 2.24) is 5.43 Å². The number of aromatic hydroxyl groups is 1. The highest BCUT2D eigenvalue weighted by atomic mass is 16.5. The number of amides is 1. The number of hydrogen-bond acceptors (Lipinski definition) is 4. The lowest BCUT2D eigenvalue weighted by Gasteiger charge is -1.99. The van der Waals surface area contributed by atoms with E-state index < -0.39 is 0 Å². The van der Waals surface area contributed by atoms with Gasteiger partial charge in [-0.2, -0.15) is 5.10 Å². The summed E-state index contributed by atoms with van der Waals surface area (Å²) in [5.74, 6) is 0.573. The number of hydrogen-bond donors (Lipinski definition) is 2. The number of ether oxygens (including phenoxy) is 1. The molecule has 22 heavy (non-hydrogen) atoms. The molecule has 2 rings (SSSR count). The van der Waals surface area contributed by atoms with Crippen LogP contribution in [-0.4, -0.2) is 24.3 Å². The lowest BCUT2D eigenvalue weighted by Crippen LogP contribution is -2.16.